The van der Waals surface area contributed by atoms with E-state index in [9.17, 15) is 9.90 Å². The number of aliphatic hydroxyl groups excluding tert-OH is 1. The number of nitrogens with one attached hydrogen (secondary N) is 1. The van der Waals surface area contributed by atoms with Crippen LogP contribution in [0.25, 0.3) is 11.0 Å². The number of hydrogen-bond acceptors (Lipinski definition) is 3. The Labute approximate surface area is 125 Å². The van der Waals surface area contributed by atoms with E-state index in [2.05, 4.69) is 5.32 Å². The van der Waals surface area contributed by atoms with Gasteiger partial charge in [0.25, 0.3) is 0 Å². The Morgan fingerprint density at radius 1 is 1.33 bits per heavy atom. The van der Waals surface area contributed by atoms with Crippen molar-refractivity contribution in [3.63, 3.8) is 0 Å². The predicted octanol–water partition coefficient (Wildman–Crippen LogP) is 3.06. The molecule has 0 bridgehead atoms. The third-order valence-corrected chi connectivity index (χ3v) is 4.05. The van der Waals surface area contributed by atoms with Crippen molar-refractivity contribution < 1.29 is 14.3 Å². The van der Waals surface area contributed by atoms with Crippen LogP contribution in [-0.4, -0.2) is 23.7 Å². The molecule has 0 fully saturated rings. The monoisotopic (exact) mass is 289 g/mol. The number of fused-ring (bicyclic) bond motifs is 1. The average Bonchev–Trinajstić information content (AvgIpc) is 2.94. The molecule has 0 aliphatic rings. The van der Waals surface area contributed by atoms with Gasteiger partial charge in [-0.05, 0) is 25.0 Å². The quantitative estimate of drug-likeness (QED) is 0.859. The number of rotatable bonds is 6. The van der Waals surface area contributed by atoms with Crippen LogP contribution in [0.1, 0.15) is 38.9 Å². The van der Waals surface area contributed by atoms with Gasteiger partial charge in [0.1, 0.15) is 11.3 Å². The molecule has 3 unspecified atom stereocenters. The summed E-state index contributed by atoms with van der Waals surface area (Å²) in [4.78, 5) is 12.2. The molecule has 4 heteroatoms. The number of hydrogen-bond donors (Lipinski definition) is 2. The van der Waals surface area contributed by atoms with E-state index in [1.54, 1.807) is 0 Å². The maximum Gasteiger partial charge on any atom is 0.230 e. The van der Waals surface area contributed by atoms with Crippen LogP contribution < -0.4 is 5.32 Å². The van der Waals surface area contributed by atoms with E-state index >= 15 is 0 Å². The smallest absolute Gasteiger partial charge is 0.230 e. The summed E-state index contributed by atoms with van der Waals surface area (Å²) in [6.45, 7) is 6.08. The number of aliphatic hydroxyl groups is 1. The first-order chi connectivity index (χ1) is 10.0. The minimum absolute atomic E-state index is 0.128. The molecule has 2 N–H and O–H groups in total. The molecule has 0 saturated carbocycles. The van der Waals surface area contributed by atoms with Gasteiger partial charge in [0, 0.05) is 11.9 Å². The lowest BCUT2D eigenvalue weighted by Crippen LogP contribution is -2.37. The van der Waals surface area contributed by atoms with Crippen molar-refractivity contribution in [2.75, 3.05) is 6.54 Å². The molecule has 0 radical (unpaired) electrons. The van der Waals surface area contributed by atoms with Crippen LogP contribution in [0.5, 0.6) is 0 Å². The van der Waals surface area contributed by atoms with Gasteiger partial charge in [0.15, 0.2) is 0 Å². The van der Waals surface area contributed by atoms with Crippen LogP contribution in [0, 0.1) is 5.92 Å². The van der Waals surface area contributed by atoms with Crippen molar-refractivity contribution in [3.8, 4) is 0 Å². The Morgan fingerprint density at radius 2 is 2.05 bits per heavy atom. The minimum Gasteiger partial charge on any atom is -0.460 e. The van der Waals surface area contributed by atoms with Crippen molar-refractivity contribution in [1.29, 1.82) is 0 Å². The number of carbonyl (C=O) groups excluding carboxylic acids is 1. The fourth-order valence-electron chi connectivity index (χ4n) is 2.18. The van der Waals surface area contributed by atoms with Gasteiger partial charge < -0.3 is 14.8 Å². The molecular formula is C17H23NO3. The van der Waals surface area contributed by atoms with Gasteiger partial charge in [-0.15, -0.1) is 0 Å². The lowest BCUT2D eigenvalue weighted by Gasteiger charge is -2.18. The normalized spacial score (nSPS) is 15.6. The maximum atomic E-state index is 12.2. The van der Waals surface area contributed by atoms with Crippen LogP contribution in [-0.2, 0) is 4.79 Å². The van der Waals surface area contributed by atoms with Gasteiger partial charge in [-0.1, -0.05) is 38.5 Å². The lowest BCUT2D eigenvalue weighted by atomic mass is 10.0. The maximum absolute atomic E-state index is 12.2. The van der Waals surface area contributed by atoms with Crippen LogP contribution in [0.4, 0.5) is 0 Å². The molecule has 0 spiro atoms. The highest BCUT2D eigenvalue weighted by Crippen LogP contribution is 2.25. The van der Waals surface area contributed by atoms with E-state index in [1.165, 1.54) is 0 Å². The molecule has 1 heterocycles. The molecule has 0 aliphatic heterocycles. The molecule has 114 valence electrons. The first kappa shape index (κ1) is 15.6. The summed E-state index contributed by atoms with van der Waals surface area (Å²) in [7, 11) is 0. The summed E-state index contributed by atoms with van der Waals surface area (Å²) in [5.74, 6) is 0.316. The van der Waals surface area contributed by atoms with Crippen LogP contribution >= 0.6 is 0 Å². The summed E-state index contributed by atoms with van der Waals surface area (Å²) in [5.41, 5.74) is 0.784. The fourth-order valence-corrected chi connectivity index (χ4v) is 2.18. The predicted molar refractivity (Wildman–Crippen MR) is 83.1 cm³/mol. The lowest BCUT2D eigenvalue weighted by molar-refractivity contribution is -0.123. The highest BCUT2D eigenvalue weighted by molar-refractivity contribution is 5.85. The largest absolute Gasteiger partial charge is 0.460 e. The Balaban J connectivity index is 1.99. The van der Waals surface area contributed by atoms with Gasteiger partial charge in [0.2, 0.25) is 5.91 Å². The molecule has 1 amide bonds. The number of benzene rings is 1. The standard InChI is InChI=1S/C17H23NO3/c1-4-11(2)14(19)10-18-17(20)12(3)16-9-13-7-5-6-8-15(13)21-16/h5-9,11-12,14,19H,4,10H2,1-3H3,(H,18,20). The Hall–Kier alpha value is -1.81. The SMILES string of the molecule is CCC(C)C(O)CNC(=O)C(C)c1cc2ccccc2o1. The van der Waals surface area contributed by atoms with Crippen molar-refractivity contribution in [2.45, 2.75) is 39.2 Å². The first-order valence-electron chi connectivity index (χ1n) is 7.47. The molecule has 0 saturated heterocycles. The van der Waals surface area contributed by atoms with Gasteiger partial charge >= 0.3 is 0 Å². The third kappa shape index (κ3) is 3.64. The first-order valence-corrected chi connectivity index (χ1v) is 7.47. The zero-order chi connectivity index (χ0) is 15.4. The Bertz CT molecular complexity index is 572. The molecule has 1 aromatic carbocycles. The van der Waals surface area contributed by atoms with E-state index in [4.69, 9.17) is 4.42 Å². The molecule has 21 heavy (non-hydrogen) atoms. The van der Waals surface area contributed by atoms with Crippen molar-refractivity contribution in [1.82, 2.24) is 5.32 Å². The van der Waals surface area contributed by atoms with E-state index < -0.39 is 6.10 Å². The number of amides is 1. The number of para-hydroxylation sites is 1. The second kappa shape index (κ2) is 6.76. The fraction of sp³-hybridized carbons (Fsp3) is 0.471. The second-order valence-corrected chi connectivity index (χ2v) is 5.61. The molecule has 2 aromatic rings. The molecule has 4 nitrogen and oxygen atoms in total. The summed E-state index contributed by atoms with van der Waals surface area (Å²) >= 11 is 0. The van der Waals surface area contributed by atoms with Gasteiger partial charge in [0.05, 0.1) is 12.0 Å². The van der Waals surface area contributed by atoms with Crippen LogP contribution in [0.2, 0.25) is 0 Å². The molecular weight excluding hydrogens is 266 g/mol. The highest BCUT2D eigenvalue weighted by atomic mass is 16.3. The topological polar surface area (TPSA) is 62.5 Å². The van der Waals surface area contributed by atoms with E-state index in [-0.39, 0.29) is 24.3 Å². The number of carbonyl (C=O) groups is 1. The van der Waals surface area contributed by atoms with E-state index in [0.29, 0.717) is 5.76 Å². The second-order valence-electron chi connectivity index (χ2n) is 5.61. The zero-order valence-corrected chi connectivity index (χ0v) is 12.8. The van der Waals surface area contributed by atoms with Crippen molar-refractivity contribution >= 4 is 16.9 Å². The summed E-state index contributed by atoms with van der Waals surface area (Å²) in [6, 6.07) is 9.58. The average molecular weight is 289 g/mol. The van der Waals surface area contributed by atoms with Crippen molar-refractivity contribution in [3.05, 3.63) is 36.1 Å². The van der Waals surface area contributed by atoms with Gasteiger partial charge in [-0.2, -0.15) is 0 Å². The van der Waals surface area contributed by atoms with Crippen LogP contribution in [0.15, 0.2) is 34.7 Å². The molecule has 0 aliphatic carbocycles. The van der Waals surface area contributed by atoms with E-state index in [1.807, 2.05) is 51.1 Å². The summed E-state index contributed by atoms with van der Waals surface area (Å²) in [5, 5.41) is 13.7. The summed E-state index contributed by atoms with van der Waals surface area (Å²) in [6.07, 6.45) is 0.373. The van der Waals surface area contributed by atoms with Gasteiger partial charge in [-0.25, -0.2) is 0 Å². The highest BCUT2D eigenvalue weighted by Gasteiger charge is 2.21. The molecule has 3 atom stereocenters. The Kier molecular flexibility index (Phi) is 5.02. The van der Waals surface area contributed by atoms with E-state index in [0.717, 1.165) is 17.4 Å². The third-order valence-electron chi connectivity index (χ3n) is 4.05. The summed E-state index contributed by atoms with van der Waals surface area (Å²) < 4.78 is 5.70. The van der Waals surface area contributed by atoms with Crippen molar-refractivity contribution in [2.24, 2.45) is 5.92 Å². The number of furan rings is 1. The van der Waals surface area contributed by atoms with Crippen LogP contribution in [0.3, 0.4) is 0 Å². The zero-order valence-electron chi connectivity index (χ0n) is 12.8. The molecule has 1 aromatic heterocycles. The molecule has 2 rings (SSSR count). The Morgan fingerprint density at radius 3 is 2.71 bits per heavy atom. The van der Waals surface area contributed by atoms with Gasteiger partial charge in [-0.3, -0.25) is 4.79 Å². The minimum atomic E-state index is -0.512.